The number of benzene rings is 2. The summed E-state index contributed by atoms with van der Waals surface area (Å²) in [5, 5.41) is 2.69. The Labute approximate surface area is 206 Å². The molecule has 1 aliphatic rings. The lowest BCUT2D eigenvalue weighted by Crippen LogP contribution is -2.33. The number of carbonyl (C=O) groups is 2. The predicted molar refractivity (Wildman–Crippen MR) is 126 cm³/mol. The van der Waals surface area contributed by atoms with E-state index in [1.165, 1.54) is 18.2 Å². The van der Waals surface area contributed by atoms with Crippen molar-refractivity contribution in [3.8, 4) is 5.75 Å². The van der Waals surface area contributed by atoms with Crippen LogP contribution >= 0.6 is 0 Å². The van der Waals surface area contributed by atoms with Crippen LogP contribution in [0.1, 0.15) is 29.7 Å². The summed E-state index contributed by atoms with van der Waals surface area (Å²) in [6.45, 7) is 0.280. The Kier molecular flexibility index (Phi) is 7.87. The number of esters is 1. The van der Waals surface area contributed by atoms with Crippen LogP contribution in [0.3, 0.4) is 0 Å². The van der Waals surface area contributed by atoms with Crippen LogP contribution in [0.5, 0.6) is 5.75 Å². The summed E-state index contributed by atoms with van der Waals surface area (Å²) in [5.41, 5.74) is 2.69. The van der Waals surface area contributed by atoms with Crippen molar-refractivity contribution in [2.24, 2.45) is 11.8 Å². The van der Waals surface area contributed by atoms with Gasteiger partial charge in [0.1, 0.15) is 12.4 Å². The van der Waals surface area contributed by atoms with Crippen molar-refractivity contribution in [3.05, 3.63) is 89.7 Å². The van der Waals surface area contributed by atoms with Crippen molar-refractivity contribution in [2.75, 3.05) is 5.32 Å². The molecule has 188 valence electrons. The third-order valence-corrected chi connectivity index (χ3v) is 5.90. The van der Waals surface area contributed by atoms with Gasteiger partial charge in [-0.15, -0.1) is 13.2 Å². The number of nitrogens with zero attached hydrogens (tertiary/aromatic N) is 1. The molecule has 0 aliphatic heterocycles. The fourth-order valence-corrected chi connectivity index (χ4v) is 4.10. The average molecular weight is 499 g/mol. The largest absolute Gasteiger partial charge is 0.573 e. The highest BCUT2D eigenvalue weighted by Crippen LogP contribution is 2.37. The van der Waals surface area contributed by atoms with Crippen molar-refractivity contribution in [1.82, 2.24) is 4.98 Å². The minimum atomic E-state index is -4.79. The molecule has 4 rings (SSSR count). The van der Waals surface area contributed by atoms with E-state index in [4.69, 9.17) is 4.74 Å². The summed E-state index contributed by atoms with van der Waals surface area (Å²) in [5.74, 6) is -0.668. The molecule has 0 unspecified atom stereocenters. The molecule has 9 heteroatoms. The Hall–Kier alpha value is -3.88. The molecule has 2 aromatic carbocycles. The molecule has 1 N–H and O–H groups in total. The van der Waals surface area contributed by atoms with Crippen molar-refractivity contribution in [3.63, 3.8) is 0 Å². The molecule has 1 amide bonds. The Morgan fingerprint density at radius 2 is 1.72 bits per heavy atom. The van der Waals surface area contributed by atoms with Crippen LogP contribution in [-0.4, -0.2) is 23.2 Å². The van der Waals surface area contributed by atoms with Crippen molar-refractivity contribution in [1.29, 1.82) is 0 Å². The number of halogens is 3. The number of pyridine rings is 1. The van der Waals surface area contributed by atoms with Crippen LogP contribution in [0.2, 0.25) is 0 Å². The molecular formula is C27H25F3N2O4. The van der Waals surface area contributed by atoms with Crippen LogP contribution in [0, 0.1) is 11.8 Å². The van der Waals surface area contributed by atoms with Crippen LogP contribution in [0.4, 0.5) is 18.9 Å². The summed E-state index contributed by atoms with van der Waals surface area (Å²) in [7, 11) is 0. The Bertz CT molecular complexity index is 1180. The molecular weight excluding hydrogens is 473 g/mol. The first-order valence-corrected chi connectivity index (χ1v) is 11.5. The maximum Gasteiger partial charge on any atom is 0.573 e. The van der Waals surface area contributed by atoms with Gasteiger partial charge < -0.3 is 14.8 Å². The van der Waals surface area contributed by atoms with Crippen molar-refractivity contribution < 1.29 is 32.2 Å². The molecule has 0 radical (unpaired) electrons. The summed E-state index contributed by atoms with van der Waals surface area (Å²) in [4.78, 5) is 28.9. The molecule has 1 heterocycles. The highest BCUT2D eigenvalue weighted by molar-refractivity contribution is 5.92. The fourth-order valence-electron chi connectivity index (χ4n) is 4.10. The van der Waals surface area contributed by atoms with E-state index in [0.717, 1.165) is 30.5 Å². The Balaban J connectivity index is 1.19. The third-order valence-electron chi connectivity index (χ3n) is 5.90. The van der Waals surface area contributed by atoms with E-state index in [-0.39, 0.29) is 36.6 Å². The Morgan fingerprint density at radius 1 is 0.972 bits per heavy atom. The first-order valence-electron chi connectivity index (χ1n) is 11.5. The van der Waals surface area contributed by atoms with Gasteiger partial charge in [-0.1, -0.05) is 42.5 Å². The zero-order valence-electron chi connectivity index (χ0n) is 19.3. The van der Waals surface area contributed by atoms with Gasteiger partial charge in [-0.05, 0) is 60.6 Å². The van der Waals surface area contributed by atoms with E-state index in [1.54, 1.807) is 18.3 Å². The molecule has 1 saturated carbocycles. The second-order valence-corrected chi connectivity index (χ2v) is 8.79. The van der Waals surface area contributed by atoms with Gasteiger partial charge in [0, 0.05) is 5.69 Å². The van der Waals surface area contributed by atoms with Gasteiger partial charge in [0.2, 0.25) is 5.91 Å². The van der Waals surface area contributed by atoms with Crippen LogP contribution < -0.4 is 10.1 Å². The number of hydrogen-bond donors (Lipinski definition) is 1. The summed E-state index contributed by atoms with van der Waals surface area (Å²) < 4.78 is 46.4. The summed E-state index contributed by atoms with van der Waals surface area (Å²) in [6.07, 6.45) is -1.12. The first kappa shape index (κ1) is 25.2. The number of rotatable bonds is 9. The standard InChI is InChI=1S/C27H25F3N2O4/c28-27(29,30)36-24-8-4-7-19(14-24)15-25(33)32-23-10-9-22(31-16-23)13-20-11-21(12-20)26(34)35-17-18-5-2-1-3-6-18/h1-10,14,16,20-21H,11-13,15,17H2,(H,32,33). The van der Waals surface area contributed by atoms with Crippen LogP contribution in [-0.2, 0) is 33.8 Å². The smallest absolute Gasteiger partial charge is 0.461 e. The molecule has 6 nitrogen and oxygen atoms in total. The minimum Gasteiger partial charge on any atom is -0.461 e. The Morgan fingerprint density at radius 3 is 2.42 bits per heavy atom. The number of aromatic nitrogens is 1. The lowest BCUT2D eigenvalue weighted by Gasteiger charge is -2.33. The molecule has 0 spiro atoms. The second kappa shape index (κ2) is 11.2. The van der Waals surface area contributed by atoms with Gasteiger partial charge in [0.25, 0.3) is 0 Å². The minimum absolute atomic E-state index is 0.0858. The van der Waals surface area contributed by atoms with Gasteiger partial charge in [0.05, 0.1) is 24.2 Å². The van der Waals surface area contributed by atoms with E-state index in [1.807, 2.05) is 36.4 Å². The number of amides is 1. The molecule has 3 aromatic rings. The maximum atomic E-state index is 12.4. The number of nitrogens with one attached hydrogen (secondary N) is 1. The van der Waals surface area contributed by atoms with Gasteiger partial charge in [-0.2, -0.15) is 0 Å². The maximum absolute atomic E-state index is 12.4. The van der Waals surface area contributed by atoms with E-state index in [2.05, 4.69) is 15.0 Å². The number of ether oxygens (including phenoxy) is 2. The monoisotopic (exact) mass is 498 g/mol. The molecule has 1 fully saturated rings. The molecule has 0 atom stereocenters. The summed E-state index contributed by atoms with van der Waals surface area (Å²) >= 11 is 0. The fraction of sp³-hybridized carbons (Fsp3) is 0.296. The lowest BCUT2D eigenvalue weighted by molar-refractivity contribution is -0.274. The lowest BCUT2D eigenvalue weighted by atomic mass is 9.73. The van der Waals surface area contributed by atoms with E-state index in [9.17, 15) is 22.8 Å². The molecule has 1 aliphatic carbocycles. The van der Waals surface area contributed by atoms with E-state index in [0.29, 0.717) is 17.2 Å². The van der Waals surface area contributed by atoms with E-state index < -0.39 is 6.36 Å². The highest BCUT2D eigenvalue weighted by atomic mass is 19.4. The van der Waals surface area contributed by atoms with Gasteiger partial charge in [0.15, 0.2) is 0 Å². The predicted octanol–water partition coefficient (Wildman–Crippen LogP) is 5.47. The average Bonchev–Trinajstić information content (AvgIpc) is 2.80. The SMILES string of the molecule is O=C(Cc1cccc(OC(F)(F)F)c1)Nc1ccc(CC2CC(C(=O)OCc3ccccc3)C2)nc1. The van der Waals surface area contributed by atoms with Gasteiger partial charge in [-0.25, -0.2) is 0 Å². The zero-order chi connectivity index (χ0) is 25.5. The summed E-state index contributed by atoms with van der Waals surface area (Å²) in [6, 6.07) is 18.4. The second-order valence-electron chi connectivity index (χ2n) is 8.79. The van der Waals surface area contributed by atoms with Crippen LogP contribution in [0.25, 0.3) is 0 Å². The molecule has 36 heavy (non-hydrogen) atoms. The first-order chi connectivity index (χ1) is 17.2. The number of anilines is 1. The van der Waals surface area contributed by atoms with Gasteiger partial charge >= 0.3 is 12.3 Å². The topological polar surface area (TPSA) is 77.5 Å². The zero-order valence-corrected chi connectivity index (χ0v) is 19.3. The number of carbonyl (C=O) groups excluding carboxylic acids is 2. The van der Waals surface area contributed by atoms with E-state index >= 15 is 0 Å². The number of alkyl halides is 3. The molecule has 1 aromatic heterocycles. The van der Waals surface area contributed by atoms with Crippen molar-refractivity contribution in [2.45, 2.75) is 38.7 Å². The molecule has 0 saturated heterocycles. The third kappa shape index (κ3) is 7.56. The van der Waals surface area contributed by atoms with Crippen LogP contribution in [0.15, 0.2) is 72.9 Å². The van der Waals surface area contributed by atoms with Crippen molar-refractivity contribution >= 4 is 17.6 Å². The van der Waals surface area contributed by atoms with Gasteiger partial charge in [-0.3, -0.25) is 14.6 Å². The normalized spacial score (nSPS) is 17.1. The molecule has 0 bridgehead atoms. The quantitative estimate of drug-likeness (QED) is 0.396. The highest BCUT2D eigenvalue weighted by Gasteiger charge is 2.35. The number of hydrogen-bond acceptors (Lipinski definition) is 5.